The van der Waals surface area contributed by atoms with Crippen LogP contribution in [-0.2, 0) is 13.6 Å². The van der Waals surface area contributed by atoms with Gasteiger partial charge in [0.15, 0.2) is 5.96 Å². The molecule has 4 rings (SSSR count). The molecule has 0 saturated carbocycles. The molecule has 4 heterocycles. The number of guanidine groups is 1. The summed E-state index contributed by atoms with van der Waals surface area (Å²) in [5, 5.41) is 7.81. The standard InChI is InChI=1S/C20H26N8/c1-15-22-8-10-28(15)19-16(5-4-7-23-19)11-24-20(21-2)27-9-6-17(14-27)18-12-25-26(3)13-18/h4-5,7-8,10,12-13,17H,6,9,11,14H2,1-3H3,(H,21,24). The van der Waals surface area contributed by atoms with E-state index in [4.69, 9.17) is 0 Å². The highest BCUT2D eigenvalue weighted by atomic mass is 15.3. The number of aliphatic imine (C=N–C) groups is 1. The smallest absolute Gasteiger partial charge is 0.193 e. The average molecular weight is 378 g/mol. The van der Waals surface area contributed by atoms with Crippen LogP contribution in [0.25, 0.3) is 5.82 Å². The lowest BCUT2D eigenvalue weighted by Gasteiger charge is -2.22. The number of rotatable bonds is 4. The molecular weight excluding hydrogens is 352 g/mol. The molecule has 1 aliphatic heterocycles. The van der Waals surface area contributed by atoms with Crippen molar-refractivity contribution in [2.24, 2.45) is 12.0 Å². The van der Waals surface area contributed by atoms with E-state index in [0.717, 1.165) is 42.7 Å². The molecule has 146 valence electrons. The molecule has 0 aromatic carbocycles. The van der Waals surface area contributed by atoms with E-state index >= 15 is 0 Å². The Labute approximate surface area is 164 Å². The van der Waals surface area contributed by atoms with Crippen LogP contribution in [0.5, 0.6) is 0 Å². The lowest BCUT2D eigenvalue weighted by molar-refractivity contribution is 0.485. The van der Waals surface area contributed by atoms with Gasteiger partial charge in [-0.2, -0.15) is 5.10 Å². The van der Waals surface area contributed by atoms with E-state index in [1.807, 2.05) is 54.9 Å². The quantitative estimate of drug-likeness (QED) is 0.554. The van der Waals surface area contributed by atoms with Gasteiger partial charge in [0.25, 0.3) is 0 Å². The molecule has 0 bridgehead atoms. The Morgan fingerprint density at radius 3 is 2.93 bits per heavy atom. The van der Waals surface area contributed by atoms with Gasteiger partial charge < -0.3 is 10.2 Å². The van der Waals surface area contributed by atoms with Crippen molar-refractivity contribution in [2.75, 3.05) is 20.1 Å². The van der Waals surface area contributed by atoms with E-state index in [1.54, 1.807) is 6.20 Å². The summed E-state index contributed by atoms with van der Waals surface area (Å²) in [6.07, 6.45) is 10.7. The average Bonchev–Trinajstić information content (AvgIpc) is 3.44. The molecule has 3 aromatic heterocycles. The maximum atomic E-state index is 4.56. The summed E-state index contributed by atoms with van der Waals surface area (Å²) >= 11 is 0. The number of pyridine rings is 1. The Kier molecular flexibility index (Phi) is 5.10. The zero-order valence-electron chi connectivity index (χ0n) is 16.6. The second-order valence-electron chi connectivity index (χ2n) is 7.11. The Morgan fingerprint density at radius 2 is 2.21 bits per heavy atom. The van der Waals surface area contributed by atoms with Crippen LogP contribution in [0.3, 0.4) is 0 Å². The molecule has 1 saturated heterocycles. The van der Waals surface area contributed by atoms with Crippen molar-refractivity contribution in [2.45, 2.75) is 25.8 Å². The summed E-state index contributed by atoms with van der Waals surface area (Å²) in [5.74, 6) is 3.23. The van der Waals surface area contributed by atoms with Gasteiger partial charge in [0.2, 0.25) is 0 Å². The van der Waals surface area contributed by atoms with Crippen LogP contribution >= 0.6 is 0 Å². The fraction of sp³-hybridized carbons (Fsp3) is 0.400. The molecule has 0 spiro atoms. The third-order valence-corrected chi connectivity index (χ3v) is 5.25. The van der Waals surface area contributed by atoms with Gasteiger partial charge in [0.05, 0.1) is 6.20 Å². The third-order valence-electron chi connectivity index (χ3n) is 5.25. The number of aromatic nitrogens is 5. The Bertz CT molecular complexity index is 970. The zero-order chi connectivity index (χ0) is 19.5. The van der Waals surface area contributed by atoms with Crippen molar-refractivity contribution in [3.63, 3.8) is 0 Å². The molecule has 0 aliphatic carbocycles. The highest BCUT2D eigenvalue weighted by Gasteiger charge is 2.27. The van der Waals surface area contributed by atoms with Gasteiger partial charge in [0, 0.05) is 70.0 Å². The Balaban J connectivity index is 1.44. The number of aryl methyl sites for hydroxylation is 2. The number of imidazole rings is 1. The fourth-order valence-corrected chi connectivity index (χ4v) is 3.77. The number of hydrogen-bond donors (Lipinski definition) is 1. The minimum Gasteiger partial charge on any atom is -0.352 e. The van der Waals surface area contributed by atoms with E-state index in [0.29, 0.717) is 12.5 Å². The molecule has 0 amide bonds. The first kappa shape index (κ1) is 18.2. The van der Waals surface area contributed by atoms with Crippen LogP contribution in [0.15, 0.2) is 48.1 Å². The monoisotopic (exact) mass is 378 g/mol. The normalized spacial score (nSPS) is 17.3. The molecule has 8 heteroatoms. The van der Waals surface area contributed by atoms with E-state index in [1.165, 1.54) is 5.56 Å². The summed E-state index contributed by atoms with van der Waals surface area (Å²) in [7, 11) is 3.80. The van der Waals surface area contributed by atoms with Crippen LogP contribution in [0, 0.1) is 6.92 Å². The van der Waals surface area contributed by atoms with Gasteiger partial charge in [0.1, 0.15) is 11.6 Å². The maximum Gasteiger partial charge on any atom is 0.193 e. The predicted molar refractivity (Wildman–Crippen MR) is 108 cm³/mol. The van der Waals surface area contributed by atoms with Crippen molar-refractivity contribution in [3.8, 4) is 5.82 Å². The molecule has 1 atom stereocenters. The topological polar surface area (TPSA) is 76.2 Å². The Hall–Kier alpha value is -3.16. The summed E-state index contributed by atoms with van der Waals surface area (Å²) in [6.45, 7) is 4.57. The zero-order valence-corrected chi connectivity index (χ0v) is 16.6. The number of likely N-dealkylation sites (tertiary alicyclic amines) is 1. The Morgan fingerprint density at radius 1 is 1.32 bits per heavy atom. The predicted octanol–water partition coefficient (Wildman–Crippen LogP) is 1.87. The summed E-state index contributed by atoms with van der Waals surface area (Å²) in [4.78, 5) is 15.7. The summed E-state index contributed by atoms with van der Waals surface area (Å²) in [6, 6.07) is 4.05. The van der Waals surface area contributed by atoms with Crippen LogP contribution < -0.4 is 5.32 Å². The van der Waals surface area contributed by atoms with Crippen molar-refractivity contribution >= 4 is 5.96 Å². The minimum atomic E-state index is 0.495. The molecule has 3 aromatic rings. The van der Waals surface area contributed by atoms with Gasteiger partial charge in [-0.25, -0.2) is 9.97 Å². The highest BCUT2D eigenvalue weighted by molar-refractivity contribution is 5.80. The first-order chi connectivity index (χ1) is 13.7. The van der Waals surface area contributed by atoms with E-state index in [9.17, 15) is 0 Å². The van der Waals surface area contributed by atoms with Gasteiger partial charge in [-0.1, -0.05) is 6.07 Å². The number of hydrogen-bond acceptors (Lipinski definition) is 4. The second-order valence-corrected chi connectivity index (χ2v) is 7.11. The minimum absolute atomic E-state index is 0.495. The molecule has 28 heavy (non-hydrogen) atoms. The van der Waals surface area contributed by atoms with Crippen molar-refractivity contribution in [1.82, 2.24) is 34.5 Å². The SMILES string of the molecule is CN=C(NCc1cccnc1-n1ccnc1C)N1CCC(c2cnn(C)c2)C1. The molecule has 8 nitrogen and oxygen atoms in total. The summed E-state index contributed by atoms with van der Waals surface area (Å²) < 4.78 is 3.88. The highest BCUT2D eigenvalue weighted by Crippen LogP contribution is 2.26. The fourth-order valence-electron chi connectivity index (χ4n) is 3.77. The molecule has 1 aliphatic rings. The van der Waals surface area contributed by atoms with Crippen LogP contribution in [0.2, 0.25) is 0 Å². The van der Waals surface area contributed by atoms with Crippen molar-refractivity contribution < 1.29 is 0 Å². The van der Waals surface area contributed by atoms with E-state index in [2.05, 4.69) is 42.5 Å². The number of nitrogens with zero attached hydrogens (tertiary/aromatic N) is 7. The van der Waals surface area contributed by atoms with Crippen LogP contribution in [-0.4, -0.2) is 55.3 Å². The molecule has 1 unspecified atom stereocenters. The maximum absolute atomic E-state index is 4.56. The first-order valence-electron chi connectivity index (χ1n) is 9.54. The van der Waals surface area contributed by atoms with Crippen LogP contribution in [0.4, 0.5) is 0 Å². The van der Waals surface area contributed by atoms with Gasteiger partial charge >= 0.3 is 0 Å². The summed E-state index contributed by atoms with van der Waals surface area (Å²) in [5.41, 5.74) is 2.40. The third kappa shape index (κ3) is 3.62. The number of nitrogens with one attached hydrogen (secondary N) is 1. The lowest BCUT2D eigenvalue weighted by atomic mass is 10.0. The molecule has 0 radical (unpaired) electrons. The van der Waals surface area contributed by atoms with Crippen molar-refractivity contribution in [3.05, 3.63) is 60.1 Å². The molecule has 1 fully saturated rings. The molecular formula is C20H26N8. The van der Waals surface area contributed by atoms with Gasteiger partial charge in [-0.05, 0) is 25.0 Å². The second kappa shape index (κ2) is 7.84. The van der Waals surface area contributed by atoms with Crippen LogP contribution in [0.1, 0.15) is 29.3 Å². The first-order valence-corrected chi connectivity index (χ1v) is 9.54. The van der Waals surface area contributed by atoms with Gasteiger partial charge in [-0.15, -0.1) is 0 Å². The lowest BCUT2D eigenvalue weighted by Crippen LogP contribution is -2.39. The van der Waals surface area contributed by atoms with E-state index in [-0.39, 0.29) is 0 Å². The van der Waals surface area contributed by atoms with E-state index < -0.39 is 0 Å². The van der Waals surface area contributed by atoms with Crippen molar-refractivity contribution in [1.29, 1.82) is 0 Å². The van der Waals surface area contributed by atoms with Gasteiger partial charge in [-0.3, -0.25) is 14.2 Å². The molecule has 1 N–H and O–H groups in total. The largest absolute Gasteiger partial charge is 0.352 e.